The molecule has 2 fully saturated rings. The first-order chi connectivity index (χ1) is 8.09. The minimum absolute atomic E-state index is 0.125. The highest BCUT2D eigenvalue weighted by Crippen LogP contribution is 2.38. The summed E-state index contributed by atoms with van der Waals surface area (Å²) in [5, 5.41) is 0. The Morgan fingerprint density at radius 2 is 1.88 bits per heavy atom. The zero-order valence-corrected chi connectivity index (χ0v) is 11.1. The van der Waals surface area contributed by atoms with Crippen molar-refractivity contribution in [3.63, 3.8) is 0 Å². The fourth-order valence-corrected chi connectivity index (χ4v) is 3.37. The van der Waals surface area contributed by atoms with Crippen molar-refractivity contribution in [3.05, 3.63) is 12.7 Å². The molecule has 3 nitrogen and oxygen atoms in total. The number of piperidine rings is 1. The summed E-state index contributed by atoms with van der Waals surface area (Å²) in [6, 6.07) is 0.623. The van der Waals surface area contributed by atoms with Crippen LogP contribution in [0, 0.1) is 0 Å². The molecule has 0 aromatic rings. The van der Waals surface area contributed by atoms with E-state index in [2.05, 4.69) is 30.2 Å². The molecule has 0 N–H and O–H groups in total. The van der Waals surface area contributed by atoms with Gasteiger partial charge >= 0.3 is 0 Å². The number of hydrogen-bond donors (Lipinski definition) is 0. The monoisotopic (exact) mass is 236 g/mol. The maximum absolute atomic E-state index is 11.9. The van der Waals surface area contributed by atoms with Crippen LogP contribution < -0.4 is 0 Å². The predicted octanol–water partition coefficient (Wildman–Crippen LogP) is 2.04. The summed E-state index contributed by atoms with van der Waals surface area (Å²) >= 11 is 0. The Hall–Kier alpha value is -0.830. The summed E-state index contributed by atoms with van der Waals surface area (Å²) in [5.74, 6) is 0.125. The van der Waals surface area contributed by atoms with E-state index in [1.54, 1.807) is 0 Å². The van der Waals surface area contributed by atoms with Crippen LogP contribution >= 0.6 is 0 Å². The fourth-order valence-electron chi connectivity index (χ4n) is 3.37. The molecule has 0 radical (unpaired) electrons. The Balaban J connectivity index is 2.05. The van der Waals surface area contributed by atoms with Crippen LogP contribution in [0.15, 0.2) is 12.7 Å². The molecule has 1 amide bonds. The lowest BCUT2D eigenvalue weighted by Crippen LogP contribution is -2.54. The van der Waals surface area contributed by atoms with Gasteiger partial charge in [0.05, 0.1) is 0 Å². The third-order valence-electron chi connectivity index (χ3n) is 4.50. The lowest BCUT2D eigenvalue weighted by atomic mass is 9.84. The molecule has 2 heterocycles. The van der Waals surface area contributed by atoms with Crippen molar-refractivity contribution in [2.75, 3.05) is 19.6 Å². The van der Waals surface area contributed by atoms with Crippen LogP contribution in [-0.4, -0.2) is 46.9 Å². The molecule has 2 saturated heterocycles. The molecule has 0 unspecified atom stereocenters. The molecule has 2 aliphatic rings. The number of hydrogen-bond acceptors (Lipinski definition) is 2. The molecule has 17 heavy (non-hydrogen) atoms. The third-order valence-corrected chi connectivity index (χ3v) is 4.50. The lowest BCUT2D eigenvalue weighted by Gasteiger charge is -2.45. The van der Waals surface area contributed by atoms with Crippen LogP contribution in [-0.2, 0) is 4.79 Å². The second-order valence-electron chi connectivity index (χ2n) is 5.65. The summed E-state index contributed by atoms with van der Waals surface area (Å²) in [6.45, 7) is 11.3. The Morgan fingerprint density at radius 3 is 2.41 bits per heavy atom. The van der Waals surface area contributed by atoms with Gasteiger partial charge in [-0.15, -0.1) is 0 Å². The number of carbonyl (C=O) groups is 1. The van der Waals surface area contributed by atoms with Crippen molar-refractivity contribution in [1.29, 1.82) is 0 Å². The van der Waals surface area contributed by atoms with Gasteiger partial charge in [0.15, 0.2) is 0 Å². The van der Waals surface area contributed by atoms with E-state index in [0.717, 1.165) is 38.9 Å². The minimum Gasteiger partial charge on any atom is -0.333 e. The van der Waals surface area contributed by atoms with Gasteiger partial charge in [-0.05, 0) is 45.6 Å². The van der Waals surface area contributed by atoms with E-state index in [1.165, 1.54) is 12.5 Å². The zero-order chi connectivity index (χ0) is 12.5. The van der Waals surface area contributed by atoms with Crippen molar-refractivity contribution >= 4 is 5.91 Å². The van der Waals surface area contributed by atoms with Gasteiger partial charge in [0.1, 0.15) is 0 Å². The Morgan fingerprint density at radius 1 is 1.24 bits per heavy atom. The van der Waals surface area contributed by atoms with E-state index < -0.39 is 0 Å². The van der Waals surface area contributed by atoms with Gasteiger partial charge in [0.2, 0.25) is 5.91 Å². The predicted molar refractivity (Wildman–Crippen MR) is 69.8 cm³/mol. The van der Waals surface area contributed by atoms with Crippen LogP contribution in [0.2, 0.25) is 0 Å². The number of amides is 1. The SMILES string of the molecule is C=CC(=O)N1CCCC12CCN(C(C)C)CC2. The largest absolute Gasteiger partial charge is 0.333 e. The molecule has 2 rings (SSSR count). The van der Waals surface area contributed by atoms with Gasteiger partial charge < -0.3 is 9.80 Å². The highest BCUT2D eigenvalue weighted by Gasteiger charge is 2.44. The molecule has 0 aromatic heterocycles. The Kier molecular flexibility index (Phi) is 3.57. The number of carbonyl (C=O) groups excluding carboxylic acids is 1. The number of rotatable bonds is 2. The zero-order valence-electron chi connectivity index (χ0n) is 11.1. The van der Waals surface area contributed by atoms with Crippen molar-refractivity contribution in [2.24, 2.45) is 0 Å². The average molecular weight is 236 g/mol. The molecule has 0 bridgehead atoms. The Bertz CT molecular complexity index is 303. The second kappa shape index (κ2) is 4.81. The maximum atomic E-state index is 11.9. The molecular weight excluding hydrogens is 212 g/mol. The molecule has 2 aliphatic heterocycles. The maximum Gasteiger partial charge on any atom is 0.246 e. The summed E-state index contributed by atoms with van der Waals surface area (Å²) < 4.78 is 0. The molecule has 0 aromatic carbocycles. The standard InChI is InChI=1S/C14H24N2O/c1-4-13(17)16-9-5-6-14(16)7-10-15(11-8-14)12(2)3/h4,12H,1,5-11H2,2-3H3. The Labute approximate surface area is 104 Å². The average Bonchev–Trinajstić information content (AvgIpc) is 2.72. The molecule has 96 valence electrons. The van der Waals surface area contributed by atoms with E-state index in [0.29, 0.717) is 6.04 Å². The van der Waals surface area contributed by atoms with Gasteiger partial charge in [0, 0.05) is 31.2 Å². The lowest BCUT2D eigenvalue weighted by molar-refractivity contribution is -0.131. The van der Waals surface area contributed by atoms with E-state index in [4.69, 9.17) is 0 Å². The first-order valence-corrected chi connectivity index (χ1v) is 6.77. The number of likely N-dealkylation sites (tertiary alicyclic amines) is 2. The fraction of sp³-hybridized carbons (Fsp3) is 0.786. The van der Waals surface area contributed by atoms with Crippen LogP contribution in [0.5, 0.6) is 0 Å². The van der Waals surface area contributed by atoms with Crippen LogP contribution in [0.25, 0.3) is 0 Å². The first kappa shape index (κ1) is 12.6. The van der Waals surface area contributed by atoms with Crippen LogP contribution in [0.1, 0.15) is 39.5 Å². The van der Waals surface area contributed by atoms with Crippen LogP contribution in [0.3, 0.4) is 0 Å². The van der Waals surface area contributed by atoms with Gasteiger partial charge in [-0.3, -0.25) is 4.79 Å². The first-order valence-electron chi connectivity index (χ1n) is 6.77. The molecule has 0 atom stereocenters. The highest BCUT2D eigenvalue weighted by atomic mass is 16.2. The topological polar surface area (TPSA) is 23.6 Å². The summed E-state index contributed by atoms with van der Waals surface area (Å²) in [6.07, 6.45) is 6.07. The molecule has 0 saturated carbocycles. The van der Waals surface area contributed by atoms with Gasteiger partial charge in [-0.1, -0.05) is 6.58 Å². The smallest absolute Gasteiger partial charge is 0.246 e. The second-order valence-corrected chi connectivity index (χ2v) is 5.65. The molecule has 1 spiro atoms. The molecule has 3 heteroatoms. The van der Waals surface area contributed by atoms with E-state index in [1.807, 2.05) is 0 Å². The van der Waals surface area contributed by atoms with Gasteiger partial charge in [-0.2, -0.15) is 0 Å². The summed E-state index contributed by atoms with van der Waals surface area (Å²) in [7, 11) is 0. The molecule has 0 aliphatic carbocycles. The van der Waals surface area contributed by atoms with Crippen molar-refractivity contribution < 1.29 is 4.79 Å². The van der Waals surface area contributed by atoms with Gasteiger partial charge in [-0.25, -0.2) is 0 Å². The van der Waals surface area contributed by atoms with E-state index >= 15 is 0 Å². The number of nitrogens with zero attached hydrogens (tertiary/aromatic N) is 2. The normalized spacial score (nSPS) is 24.5. The van der Waals surface area contributed by atoms with Crippen molar-refractivity contribution in [3.8, 4) is 0 Å². The van der Waals surface area contributed by atoms with Gasteiger partial charge in [0.25, 0.3) is 0 Å². The van der Waals surface area contributed by atoms with Crippen molar-refractivity contribution in [1.82, 2.24) is 9.80 Å². The van der Waals surface area contributed by atoms with Crippen molar-refractivity contribution in [2.45, 2.75) is 51.1 Å². The highest BCUT2D eigenvalue weighted by molar-refractivity contribution is 5.87. The molecular formula is C14H24N2O. The third kappa shape index (κ3) is 2.25. The minimum atomic E-state index is 0.125. The van der Waals surface area contributed by atoms with E-state index in [-0.39, 0.29) is 11.4 Å². The summed E-state index contributed by atoms with van der Waals surface area (Å²) in [5.41, 5.74) is 0.149. The summed E-state index contributed by atoms with van der Waals surface area (Å²) in [4.78, 5) is 16.5. The van der Waals surface area contributed by atoms with E-state index in [9.17, 15) is 4.79 Å². The van der Waals surface area contributed by atoms with Crippen LogP contribution in [0.4, 0.5) is 0 Å². The quantitative estimate of drug-likeness (QED) is 0.685.